The summed E-state index contributed by atoms with van der Waals surface area (Å²) < 4.78 is 0. The summed E-state index contributed by atoms with van der Waals surface area (Å²) in [5.74, 6) is 0. The highest BCUT2D eigenvalue weighted by Crippen LogP contribution is 2.14. The summed E-state index contributed by atoms with van der Waals surface area (Å²) in [6.45, 7) is 0.255. The number of carbonyl (C=O) groups is 1. The molecule has 14 heavy (non-hydrogen) atoms. The maximum Gasteiger partial charge on any atom is 0.404 e. The molecule has 1 aromatic carbocycles. The third kappa shape index (κ3) is 3.45. The number of aliphatic hydroxyl groups excluding tert-OH is 1. The van der Waals surface area contributed by atoms with Crippen LogP contribution in [0.2, 0.25) is 0 Å². The van der Waals surface area contributed by atoms with Crippen LogP contribution in [0.5, 0.6) is 0 Å². The van der Waals surface area contributed by atoms with Crippen molar-refractivity contribution in [3.05, 3.63) is 35.9 Å². The summed E-state index contributed by atoms with van der Waals surface area (Å²) in [4.78, 5) is 10.1. The second kappa shape index (κ2) is 5.24. The lowest BCUT2D eigenvalue weighted by Gasteiger charge is -2.10. The SMILES string of the molecule is O=C(O)NCCC(O)c1ccccc1. The topological polar surface area (TPSA) is 69.6 Å². The van der Waals surface area contributed by atoms with Crippen LogP contribution >= 0.6 is 0 Å². The first-order valence-electron chi connectivity index (χ1n) is 4.40. The van der Waals surface area contributed by atoms with Gasteiger partial charge in [0.2, 0.25) is 0 Å². The molecule has 76 valence electrons. The van der Waals surface area contributed by atoms with Crippen LogP contribution in [-0.4, -0.2) is 22.9 Å². The van der Waals surface area contributed by atoms with E-state index in [1.165, 1.54) is 0 Å². The fourth-order valence-corrected chi connectivity index (χ4v) is 1.16. The van der Waals surface area contributed by atoms with Crippen molar-refractivity contribution in [2.24, 2.45) is 0 Å². The molecule has 1 amide bonds. The Balaban J connectivity index is 2.36. The Morgan fingerprint density at radius 2 is 2.00 bits per heavy atom. The molecule has 0 aromatic heterocycles. The molecule has 4 heteroatoms. The van der Waals surface area contributed by atoms with Crippen molar-refractivity contribution < 1.29 is 15.0 Å². The normalized spacial score (nSPS) is 12.1. The Bertz CT molecular complexity index is 287. The van der Waals surface area contributed by atoms with Crippen LogP contribution in [0, 0.1) is 0 Å². The number of nitrogens with one attached hydrogen (secondary N) is 1. The van der Waals surface area contributed by atoms with Gasteiger partial charge in [-0.2, -0.15) is 0 Å². The molecule has 1 aromatic rings. The molecule has 0 radical (unpaired) electrons. The van der Waals surface area contributed by atoms with Crippen LogP contribution in [0.3, 0.4) is 0 Å². The van der Waals surface area contributed by atoms with E-state index >= 15 is 0 Å². The maximum atomic E-state index is 10.1. The summed E-state index contributed by atoms with van der Waals surface area (Å²) in [7, 11) is 0. The molecule has 0 spiro atoms. The lowest BCUT2D eigenvalue weighted by atomic mass is 10.1. The van der Waals surface area contributed by atoms with Crippen molar-refractivity contribution >= 4 is 6.09 Å². The van der Waals surface area contributed by atoms with Gasteiger partial charge in [0.15, 0.2) is 0 Å². The molecular formula is C10H13NO3. The summed E-state index contributed by atoms with van der Waals surface area (Å²) >= 11 is 0. The molecule has 0 aliphatic carbocycles. The second-order valence-corrected chi connectivity index (χ2v) is 2.95. The monoisotopic (exact) mass is 195 g/mol. The lowest BCUT2D eigenvalue weighted by molar-refractivity contribution is 0.162. The fraction of sp³-hybridized carbons (Fsp3) is 0.300. The molecule has 0 aliphatic heterocycles. The van der Waals surface area contributed by atoms with Gasteiger partial charge in [0, 0.05) is 6.54 Å². The van der Waals surface area contributed by atoms with E-state index in [0.717, 1.165) is 5.56 Å². The minimum atomic E-state index is -1.06. The largest absolute Gasteiger partial charge is 0.465 e. The molecule has 3 N–H and O–H groups in total. The smallest absolute Gasteiger partial charge is 0.404 e. The summed E-state index contributed by atoms with van der Waals surface area (Å²) in [5, 5.41) is 20.1. The summed E-state index contributed by atoms with van der Waals surface area (Å²) in [6.07, 6.45) is -1.29. The van der Waals surface area contributed by atoms with Crippen LogP contribution in [0.4, 0.5) is 4.79 Å². The number of hydrogen-bond donors (Lipinski definition) is 3. The van der Waals surface area contributed by atoms with E-state index < -0.39 is 12.2 Å². The van der Waals surface area contributed by atoms with E-state index in [9.17, 15) is 9.90 Å². The number of amides is 1. The van der Waals surface area contributed by atoms with Crippen molar-refractivity contribution in [1.29, 1.82) is 0 Å². The number of carboxylic acid groups (broad SMARTS) is 1. The van der Waals surface area contributed by atoms with E-state index in [2.05, 4.69) is 5.32 Å². The zero-order chi connectivity index (χ0) is 10.4. The Hall–Kier alpha value is -1.55. The molecule has 0 bridgehead atoms. The predicted molar refractivity (Wildman–Crippen MR) is 52.0 cm³/mol. The van der Waals surface area contributed by atoms with Gasteiger partial charge in [0.05, 0.1) is 6.10 Å². The van der Waals surface area contributed by atoms with Crippen LogP contribution in [0.15, 0.2) is 30.3 Å². The predicted octanol–water partition coefficient (Wildman–Crippen LogP) is 1.38. The molecule has 0 heterocycles. The van der Waals surface area contributed by atoms with Crippen molar-refractivity contribution in [1.82, 2.24) is 5.32 Å². The van der Waals surface area contributed by atoms with E-state index in [0.29, 0.717) is 6.42 Å². The molecule has 0 aliphatic rings. The van der Waals surface area contributed by atoms with E-state index in [1.54, 1.807) is 0 Å². The van der Waals surface area contributed by atoms with Gasteiger partial charge in [-0.15, -0.1) is 0 Å². The highest BCUT2D eigenvalue weighted by Gasteiger charge is 2.06. The maximum absolute atomic E-state index is 10.1. The number of rotatable bonds is 4. The van der Waals surface area contributed by atoms with Crippen LogP contribution in [0.25, 0.3) is 0 Å². The Labute approximate surface area is 82.2 Å². The second-order valence-electron chi connectivity index (χ2n) is 2.95. The molecule has 0 saturated heterocycles. The first-order valence-corrected chi connectivity index (χ1v) is 4.40. The van der Waals surface area contributed by atoms with Gasteiger partial charge in [-0.25, -0.2) is 4.79 Å². The van der Waals surface area contributed by atoms with Crippen molar-refractivity contribution in [2.75, 3.05) is 6.54 Å². The highest BCUT2D eigenvalue weighted by atomic mass is 16.4. The Kier molecular flexibility index (Phi) is 3.94. The zero-order valence-corrected chi connectivity index (χ0v) is 7.68. The van der Waals surface area contributed by atoms with Gasteiger partial charge in [-0.3, -0.25) is 0 Å². The molecule has 1 rings (SSSR count). The van der Waals surface area contributed by atoms with Gasteiger partial charge in [0.1, 0.15) is 0 Å². The average molecular weight is 195 g/mol. The first kappa shape index (κ1) is 10.5. The Morgan fingerprint density at radius 1 is 1.36 bits per heavy atom. The average Bonchev–Trinajstić information content (AvgIpc) is 2.18. The minimum absolute atomic E-state index is 0.255. The van der Waals surface area contributed by atoms with Gasteiger partial charge >= 0.3 is 6.09 Å². The molecule has 4 nitrogen and oxygen atoms in total. The number of benzene rings is 1. The van der Waals surface area contributed by atoms with E-state index in [1.807, 2.05) is 30.3 Å². The van der Waals surface area contributed by atoms with Crippen LogP contribution < -0.4 is 5.32 Å². The minimum Gasteiger partial charge on any atom is -0.465 e. The molecule has 1 unspecified atom stereocenters. The van der Waals surface area contributed by atoms with Crippen LogP contribution in [0.1, 0.15) is 18.1 Å². The standard InChI is InChI=1S/C10H13NO3/c12-9(6-7-11-10(13)14)8-4-2-1-3-5-8/h1-5,9,11-12H,6-7H2,(H,13,14). The van der Waals surface area contributed by atoms with Crippen molar-refractivity contribution in [2.45, 2.75) is 12.5 Å². The lowest BCUT2D eigenvalue weighted by Crippen LogP contribution is -2.23. The third-order valence-corrected chi connectivity index (χ3v) is 1.88. The van der Waals surface area contributed by atoms with Gasteiger partial charge in [-0.1, -0.05) is 30.3 Å². The summed E-state index contributed by atoms with van der Waals surface area (Å²) in [5.41, 5.74) is 0.805. The number of hydrogen-bond acceptors (Lipinski definition) is 2. The molecule has 1 atom stereocenters. The molecular weight excluding hydrogens is 182 g/mol. The molecule has 0 fully saturated rings. The third-order valence-electron chi connectivity index (χ3n) is 1.88. The number of aliphatic hydroxyl groups is 1. The van der Waals surface area contributed by atoms with Gasteiger partial charge in [0.25, 0.3) is 0 Å². The van der Waals surface area contributed by atoms with Crippen LogP contribution in [-0.2, 0) is 0 Å². The van der Waals surface area contributed by atoms with Gasteiger partial charge < -0.3 is 15.5 Å². The summed E-state index contributed by atoms with van der Waals surface area (Å²) in [6, 6.07) is 9.16. The molecule has 0 saturated carbocycles. The zero-order valence-electron chi connectivity index (χ0n) is 7.68. The highest BCUT2D eigenvalue weighted by molar-refractivity contribution is 5.64. The van der Waals surface area contributed by atoms with E-state index in [-0.39, 0.29) is 6.54 Å². The van der Waals surface area contributed by atoms with Gasteiger partial charge in [-0.05, 0) is 12.0 Å². The first-order chi connectivity index (χ1) is 6.70. The quantitative estimate of drug-likeness (QED) is 0.679. The Morgan fingerprint density at radius 3 is 2.57 bits per heavy atom. The van der Waals surface area contributed by atoms with Crippen molar-refractivity contribution in [3.8, 4) is 0 Å². The van der Waals surface area contributed by atoms with E-state index in [4.69, 9.17) is 5.11 Å². The fourth-order valence-electron chi connectivity index (χ4n) is 1.16. The van der Waals surface area contributed by atoms with Crippen molar-refractivity contribution in [3.63, 3.8) is 0 Å².